The fourth-order valence-electron chi connectivity index (χ4n) is 2.32. The van der Waals surface area contributed by atoms with Gasteiger partial charge in [0.15, 0.2) is 6.61 Å². The monoisotopic (exact) mass is 248 g/mol. The highest BCUT2D eigenvalue weighted by atomic mass is 16.5. The van der Waals surface area contributed by atoms with E-state index in [-0.39, 0.29) is 12.5 Å². The molecular weight excluding hydrogens is 228 g/mol. The molecule has 0 radical (unpaired) electrons. The van der Waals surface area contributed by atoms with Gasteiger partial charge < -0.3 is 15.8 Å². The summed E-state index contributed by atoms with van der Waals surface area (Å²) in [5, 5.41) is 3.02. The Kier molecular flexibility index (Phi) is 4.07. The van der Waals surface area contributed by atoms with Gasteiger partial charge in [-0.1, -0.05) is 13.3 Å². The molecule has 2 rings (SSSR count). The number of carbonyl (C=O) groups is 1. The van der Waals surface area contributed by atoms with Gasteiger partial charge >= 0.3 is 0 Å². The second kappa shape index (κ2) is 5.76. The lowest BCUT2D eigenvalue weighted by Gasteiger charge is -2.17. The number of ether oxygens (including phenoxy) is 1. The van der Waals surface area contributed by atoms with Crippen LogP contribution in [0, 0.1) is 5.92 Å². The number of nitrogens with two attached hydrogens (primary N) is 1. The van der Waals surface area contributed by atoms with Crippen molar-refractivity contribution < 1.29 is 9.53 Å². The lowest BCUT2D eigenvalue weighted by Crippen LogP contribution is -2.39. The third kappa shape index (κ3) is 3.39. The molecule has 4 nitrogen and oxygen atoms in total. The van der Waals surface area contributed by atoms with Crippen molar-refractivity contribution in [2.45, 2.75) is 32.2 Å². The standard InChI is InChI=1S/C14H20N2O2/c1-10-3-2-4-13(10)16-14(17)9-18-12-7-5-11(15)6-8-12/h5-8,10,13H,2-4,9,15H2,1H3,(H,16,17). The first-order valence-corrected chi connectivity index (χ1v) is 6.43. The lowest BCUT2D eigenvalue weighted by molar-refractivity contribution is -0.124. The molecule has 0 aliphatic heterocycles. The fraction of sp³-hybridized carbons (Fsp3) is 0.500. The van der Waals surface area contributed by atoms with Gasteiger partial charge in [-0.3, -0.25) is 4.79 Å². The number of hydrogen-bond donors (Lipinski definition) is 2. The molecule has 4 heteroatoms. The smallest absolute Gasteiger partial charge is 0.258 e. The van der Waals surface area contributed by atoms with E-state index in [1.165, 1.54) is 12.8 Å². The molecule has 1 saturated carbocycles. The summed E-state index contributed by atoms with van der Waals surface area (Å²) in [6.45, 7) is 2.24. The molecule has 1 aromatic rings. The van der Waals surface area contributed by atoms with Crippen molar-refractivity contribution in [2.24, 2.45) is 5.92 Å². The van der Waals surface area contributed by atoms with Gasteiger partial charge in [0.05, 0.1) is 0 Å². The zero-order valence-electron chi connectivity index (χ0n) is 10.7. The Balaban J connectivity index is 1.76. The molecule has 0 heterocycles. The van der Waals surface area contributed by atoms with Crippen molar-refractivity contribution in [1.82, 2.24) is 5.32 Å². The molecule has 3 N–H and O–H groups in total. The summed E-state index contributed by atoms with van der Waals surface area (Å²) < 4.78 is 5.40. The summed E-state index contributed by atoms with van der Waals surface area (Å²) in [5.41, 5.74) is 6.26. The van der Waals surface area contributed by atoms with Crippen LogP contribution in [-0.4, -0.2) is 18.6 Å². The van der Waals surface area contributed by atoms with E-state index in [0.717, 1.165) is 6.42 Å². The normalized spacial score (nSPS) is 22.7. The molecule has 98 valence electrons. The minimum absolute atomic E-state index is 0.0504. The fourth-order valence-corrected chi connectivity index (χ4v) is 2.32. The van der Waals surface area contributed by atoms with Gasteiger partial charge in [0.2, 0.25) is 0 Å². The third-order valence-electron chi connectivity index (χ3n) is 3.46. The van der Waals surface area contributed by atoms with Gasteiger partial charge in [-0.05, 0) is 43.0 Å². The second-order valence-electron chi connectivity index (χ2n) is 4.94. The van der Waals surface area contributed by atoms with Crippen LogP contribution < -0.4 is 15.8 Å². The van der Waals surface area contributed by atoms with Crippen molar-refractivity contribution in [1.29, 1.82) is 0 Å². The van der Waals surface area contributed by atoms with E-state index in [0.29, 0.717) is 23.4 Å². The van der Waals surface area contributed by atoms with Crippen molar-refractivity contribution in [3.05, 3.63) is 24.3 Å². The van der Waals surface area contributed by atoms with Gasteiger partial charge in [-0.25, -0.2) is 0 Å². The number of nitrogen functional groups attached to an aromatic ring is 1. The zero-order chi connectivity index (χ0) is 13.0. The molecule has 18 heavy (non-hydrogen) atoms. The number of nitrogens with one attached hydrogen (secondary N) is 1. The van der Waals surface area contributed by atoms with Crippen molar-refractivity contribution >= 4 is 11.6 Å². The Hall–Kier alpha value is -1.71. The van der Waals surface area contributed by atoms with Gasteiger partial charge in [-0.2, -0.15) is 0 Å². The van der Waals surface area contributed by atoms with Crippen molar-refractivity contribution in [2.75, 3.05) is 12.3 Å². The van der Waals surface area contributed by atoms with E-state index in [1.54, 1.807) is 24.3 Å². The van der Waals surface area contributed by atoms with Crippen LogP contribution in [0.15, 0.2) is 24.3 Å². The summed E-state index contributed by atoms with van der Waals surface area (Å²) in [5.74, 6) is 1.19. The minimum Gasteiger partial charge on any atom is -0.484 e. The number of anilines is 1. The maximum absolute atomic E-state index is 11.7. The van der Waals surface area contributed by atoms with Gasteiger partial charge in [0, 0.05) is 11.7 Å². The first-order chi connectivity index (χ1) is 8.65. The predicted molar refractivity (Wildman–Crippen MR) is 71.3 cm³/mol. The van der Waals surface area contributed by atoms with Crippen LogP contribution in [-0.2, 0) is 4.79 Å². The Labute approximate surface area is 108 Å². The highest BCUT2D eigenvalue weighted by molar-refractivity contribution is 5.77. The summed E-state index contributed by atoms with van der Waals surface area (Å²) in [7, 11) is 0. The van der Waals surface area contributed by atoms with Crippen molar-refractivity contribution in [3.63, 3.8) is 0 Å². The van der Waals surface area contributed by atoms with E-state index in [2.05, 4.69) is 12.2 Å². The highest BCUT2D eigenvalue weighted by Crippen LogP contribution is 2.24. The number of benzene rings is 1. The average molecular weight is 248 g/mol. The quantitative estimate of drug-likeness (QED) is 0.800. The molecule has 1 fully saturated rings. The predicted octanol–water partition coefficient (Wildman–Crippen LogP) is 1.95. The van der Waals surface area contributed by atoms with Crippen LogP contribution in [0.1, 0.15) is 26.2 Å². The maximum atomic E-state index is 11.7. The number of amides is 1. The molecule has 1 aliphatic carbocycles. The first-order valence-electron chi connectivity index (χ1n) is 6.43. The second-order valence-corrected chi connectivity index (χ2v) is 4.94. The Bertz CT molecular complexity index is 403. The van der Waals surface area contributed by atoms with Crippen LogP contribution in [0.3, 0.4) is 0 Å². The number of hydrogen-bond acceptors (Lipinski definition) is 3. The van der Waals surface area contributed by atoms with Gasteiger partial charge in [0.25, 0.3) is 5.91 Å². The molecule has 1 amide bonds. The molecule has 0 saturated heterocycles. The van der Waals surface area contributed by atoms with E-state index in [9.17, 15) is 4.79 Å². The lowest BCUT2D eigenvalue weighted by atomic mass is 10.1. The molecule has 1 aromatic carbocycles. The summed E-state index contributed by atoms with van der Waals surface area (Å²) in [4.78, 5) is 11.7. The van der Waals surface area contributed by atoms with Crippen LogP contribution in [0.4, 0.5) is 5.69 Å². The summed E-state index contributed by atoms with van der Waals surface area (Å²) >= 11 is 0. The van der Waals surface area contributed by atoms with Crippen LogP contribution >= 0.6 is 0 Å². The molecular formula is C14H20N2O2. The maximum Gasteiger partial charge on any atom is 0.258 e. The number of rotatable bonds is 4. The summed E-state index contributed by atoms with van der Waals surface area (Å²) in [6, 6.07) is 7.35. The van der Waals surface area contributed by atoms with E-state index < -0.39 is 0 Å². The van der Waals surface area contributed by atoms with Crippen molar-refractivity contribution in [3.8, 4) is 5.75 Å². The largest absolute Gasteiger partial charge is 0.484 e. The molecule has 1 aliphatic rings. The Morgan fingerprint density at radius 1 is 1.39 bits per heavy atom. The van der Waals surface area contributed by atoms with E-state index >= 15 is 0 Å². The SMILES string of the molecule is CC1CCCC1NC(=O)COc1ccc(N)cc1. The molecule has 0 bridgehead atoms. The third-order valence-corrected chi connectivity index (χ3v) is 3.46. The highest BCUT2D eigenvalue weighted by Gasteiger charge is 2.24. The average Bonchev–Trinajstić information content (AvgIpc) is 2.74. The van der Waals surface area contributed by atoms with Gasteiger partial charge in [-0.15, -0.1) is 0 Å². The van der Waals surface area contributed by atoms with Gasteiger partial charge in [0.1, 0.15) is 5.75 Å². The van der Waals surface area contributed by atoms with E-state index in [1.807, 2.05) is 0 Å². The number of carbonyl (C=O) groups excluding carboxylic acids is 1. The Morgan fingerprint density at radius 2 is 2.11 bits per heavy atom. The van der Waals surface area contributed by atoms with Crippen LogP contribution in [0.2, 0.25) is 0 Å². The molecule has 0 aromatic heterocycles. The molecule has 2 unspecified atom stereocenters. The summed E-state index contributed by atoms with van der Waals surface area (Å²) in [6.07, 6.45) is 3.48. The van der Waals surface area contributed by atoms with Crippen LogP contribution in [0.5, 0.6) is 5.75 Å². The minimum atomic E-state index is -0.0504. The first kappa shape index (κ1) is 12.7. The van der Waals surface area contributed by atoms with E-state index in [4.69, 9.17) is 10.5 Å². The molecule has 0 spiro atoms. The zero-order valence-corrected chi connectivity index (χ0v) is 10.7. The Morgan fingerprint density at radius 3 is 2.72 bits per heavy atom. The topological polar surface area (TPSA) is 64.3 Å². The molecule has 2 atom stereocenters. The van der Waals surface area contributed by atoms with Crippen LogP contribution in [0.25, 0.3) is 0 Å².